The number of likely N-dealkylation sites (N-methyl/N-ethyl adjacent to an activating group) is 1. The van der Waals surface area contributed by atoms with Crippen molar-refractivity contribution in [1.82, 2.24) is 4.90 Å². The highest BCUT2D eigenvalue weighted by Crippen LogP contribution is 2.32. The van der Waals surface area contributed by atoms with Gasteiger partial charge in [0.05, 0.1) is 0 Å². The zero-order chi connectivity index (χ0) is 13.3. The molecule has 2 rings (SSSR count). The van der Waals surface area contributed by atoms with Gasteiger partial charge in [-0.25, -0.2) is 13.2 Å². The molecule has 1 aliphatic carbocycles. The van der Waals surface area contributed by atoms with Crippen molar-refractivity contribution in [2.75, 3.05) is 20.1 Å². The molecule has 1 unspecified atom stereocenters. The first-order chi connectivity index (χ1) is 8.52. The Morgan fingerprint density at radius 2 is 1.83 bits per heavy atom. The second-order valence-corrected chi connectivity index (χ2v) is 4.93. The van der Waals surface area contributed by atoms with Crippen LogP contribution in [0.3, 0.4) is 0 Å². The summed E-state index contributed by atoms with van der Waals surface area (Å²) in [6.07, 6.45) is 2.38. The van der Waals surface area contributed by atoms with E-state index in [0.29, 0.717) is 11.5 Å². The molecule has 5 heteroatoms. The molecule has 1 saturated carbocycles. The minimum absolute atomic E-state index is 0.244. The van der Waals surface area contributed by atoms with Gasteiger partial charge in [0.25, 0.3) is 0 Å². The Hall–Kier alpha value is -1.07. The molecular weight excluding hydrogens is 241 g/mol. The Morgan fingerprint density at radius 1 is 1.28 bits per heavy atom. The number of halogens is 3. The molecule has 2 N–H and O–H groups in total. The molecule has 0 heterocycles. The summed E-state index contributed by atoms with van der Waals surface area (Å²) in [6.45, 7) is 1.09. The average molecular weight is 258 g/mol. The summed E-state index contributed by atoms with van der Waals surface area (Å²) < 4.78 is 39.3. The van der Waals surface area contributed by atoms with Crippen LogP contribution in [-0.2, 0) is 0 Å². The summed E-state index contributed by atoms with van der Waals surface area (Å²) >= 11 is 0. The Labute approximate surface area is 105 Å². The molecule has 1 aromatic rings. The fourth-order valence-corrected chi connectivity index (χ4v) is 2.17. The molecule has 1 fully saturated rings. The van der Waals surface area contributed by atoms with E-state index in [-0.39, 0.29) is 12.6 Å². The van der Waals surface area contributed by atoms with Crippen LogP contribution < -0.4 is 5.73 Å². The number of nitrogens with two attached hydrogens (primary N) is 1. The number of hydrogen-bond donors (Lipinski definition) is 1. The van der Waals surface area contributed by atoms with E-state index >= 15 is 0 Å². The van der Waals surface area contributed by atoms with Gasteiger partial charge in [-0.2, -0.15) is 0 Å². The zero-order valence-corrected chi connectivity index (χ0v) is 10.3. The zero-order valence-electron chi connectivity index (χ0n) is 10.3. The summed E-state index contributed by atoms with van der Waals surface area (Å²) in [4.78, 5) is 1.98. The van der Waals surface area contributed by atoms with Crippen LogP contribution in [0.5, 0.6) is 0 Å². The topological polar surface area (TPSA) is 29.3 Å². The van der Waals surface area contributed by atoms with Gasteiger partial charge in [0.2, 0.25) is 0 Å². The second kappa shape index (κ2) is 5.28. The van der Waals surface area contributed by atoms with Gasteiger partial charge in [0.15, 0.2) is 17.5 Å². The van der Waals surface area contributed by atoms with Crippen LogP contribution in [0.15, 0.2) is 12.1 Å². The largest absolute Gasteiger partial charge is 0.329 e. The third-order valence-corrected chi connectivity index (χ3v) is 3.39. The number of benzene rings is 1. The van der Waals surface area contributed by atoms with Gasteiger partial charge in [-0.3, -0.25) is 4.90 Å². The van der Waals surface area contributed by atoms with Crippen LogP contribution in [0.4, 0.5) is 13.2 Å². The van der Waals surface area contributed by atoms with Crippen molar-refractivity contribution in [1.29, 1.82) is 0 Å². The molecule has 1 atom stereocenters. The van der Waals surface area contributed by atoms with Crippen molar-refractivity contribution in [2.45, 2.75) is 18.9 Å². The molecule has 0 aromatic heterocycles. The second-order valence-electron chi connectivity index (χ2n) is 4.93. The fourth-order valence-electron chi connectivity index (χ4n) is 2.17. The van der Waals surface area contributed by atoms with E-state index in [1.54, 1.807) is 0 Å². The third-order valence-electron chi connectivity index (χ3n) is 3.39. The lowest BCUT2D eigenvalue weighted by Crippen LogP contribution is -2.32. The lowest BCUT2D eigenvalue weighted by molar-refractivity contribution is 0.239. The predicted octanol–water partition coefficient (Wildman–Crippen LogP) is 2.45. The normalized spacial score (nSPS) is 17.2. The Morgan fingerprint density at radius 3 is 2.28 bits per heavy atom. The van der Waals surface area contributed by atoms with Crippen LogP contribution in [0.1, 0.15) is 24.4 Å². The molecule has 0 radical (unpaired) electrons. The minimum atomic E-state index is -1.43. The summed E-state index contributed by atoms with van der Waals surface area (Å²) in [7, 11) is 1.87. The monoisotopic (exact) mass is 258 g/mol. The molecule has 0 saturated heterocycles. The maximum Gasteiger partial charge on any atom is 0.194 e. The molecule has 1 aromatic carbocycles. The van der Waals surface area contributed by atoms with E-state index in [9.17, 15) is 13.2 Å². The number of rotatable bonds is 5. The van der Waals surface area contributed by atoms with Crippen LogP contribution in [0, 0.1) is 23.4 Å². The van der Waals surface area contributed by atoms with Crippen molar-refractivity contribution in [3.8, 4) is 0 Å². The highest BCUT2D eigenvalue weighted by atomic mass is 19.2. The summed E-state index contributed by atoms with van der Waals surface area (Å²) in [5, 5.41) is 0. The highest BCUT2D eigenvalue weighted by Gasteiger charge is 2.27. The van der Waals surface area contributed by atoms with Crippen molar-refractivity contribution < 1.29 is 13.2 Å². The maximum atomic E-state index is 13.2. The van der Waals surface area contributed by atoms with Crippen LogP contribution in [0.25, 0.3) is 0 Å². The average Bonchev–Trinajstić information content (AvgIpc) is 3.10. The molecule has 1 aliphatic rings. The smallest absolute Gasteiger partial charge is 0.194 e. The number of nitrogens with zero attached hydrogens (tertiary/aromatic N) is 1. The molecular formula is C13H17F3N2. The summed E-state index contributed by atoms with van der Waals surface area (Å²) in [6, 6.07) is 1.77. The molecule has 2 nitrogen and oxygen atoms in total. The first kappa shape index (κ1) is 13.4. The maximum absolute atomic E-state index is 13.2. The van der Waals surface area contributed by atoms with E-state index < -0.39 is 17.5 Å². The molecule has 100 valence electrons. The standard InChI is InChI=1S/C13H17F3N2/c1-18(7-8-2-3-8)12(6-17)9-4-10(14)13(16)11(15)5-9/h4-5,8,12H,2-3,6-7,17H2,1H3. The predicted molar refractivity (Wildman–Crippen MR) is 63.5 cm³/mol. The van der Waals surface area contributed by atoms with E-state index in [0.717, 1.165) is 18.7 Å². The Bertz CT molecular complexity index is 409. The van der Waals surface area contributed by atoms with E-state index in [1.165, 1.54) is 12.8 Å². The SMILES string of the molecule is CN(CC1CC1)C(CN)c1cc(F)c(F)c(F)c1. The Balaban J connectivity index is 2.20. The van der Waals surface area contributed by atoms with Gasteiger partial charge in [-0.15, -0.1) is 0 Å². The molecule has 0 bridgehead atoms. The van der Waals surface area contributed by atoms with E-state index in [1.807, 2.05) is 11.9 Å². The van der Waals surface area contributed by atoms with Gasteiger partial charge >= 0.3 is 0 Å². The van der Waals surface area contributed by atoms with Gasteiger partial charge in [-0.05, 0) is 43.5 Å². The molecule has 18 heavy (non-hydrogen) atoms. The van der Waals surface area contributed by atoms with Gasteiger partial charge < -0.3 is 5.73 Å². The van der Waals surface area contributed by atoms with E-state index in [4.69, 9.17) is 5.73 Å². The third kappa shape index (κ3) is 2.84. The van der Waals surface area contributed by atoms with Gasteiger partial charge in [-0.1, -0.05) is 0 Å². The summed E-state index contributed by atoms with van der Waals surface area (Å²) in [5.41, 5.74) is 6.05. The van der Waals surface area contributed by atoms with Gasteiger partial charge in [0.1, 0.15) is 0 Å². The fraction of sp³-hybridized carbons (Fsp3) is 0.538. The quantitative estimate of drug-likeness (QED) is 0.822. The lowest BCUT2D eigenvalue weighted by atomic mass is 10.0. The molecule has 0 aliphatic heterocycles. The highest BCUT2D eigenvalue weighted by molar-refractivity contribution is 5.23. The van der Waals surface area contributed by atoms with E-state index in [2.05, 4.69) is 0 Å². The van der Waals surface area contributed by atoms with Crippen LogP contribution >= 0.6 is 0 Å². The first-order valence-corrected chi connectivity index (χ1v) is 6.07. The minimum Gasteiger partial charge on any atom is -0.329 e. The van der Waals surface area contributed by atoms with Gasteiger partial charge in [0, 0.05) is 19.1 Å². The van der Waals surface area contributed by atoms with Crippen molar-refractivity contribution in [3.05, 3.63) is 35.1 Å². The van der Waals surface area contributed by atoms with Crippen molar-refractivity contribution in [2.24, 2.45) is 11.7 Å². The first-order valence-electron chi connectivity index (χ1n) is 6.07. The Kier molecular flexibility index (Phi) is 3.92. The van der Waals surface area contributed by atoms with Crippen molar-refractivity contribution in [3.63, 3.8) is 0 Å². The molecule has 0 amide bonds. The summed E-state index contributed by atoms with van der Waals surface area (Å²) in [5.74, 6) is -3.11. The lowest BCUT2D eigenvalue weighted by Gasteiger charge is -2.27. The van der Waals surface area contributed by atoms with Crippen LogP contribution in [0.2, 0.25) is 0 Å². The molecule has 0 spiro atoms. The van der Waals surface area contributed by atoms with Crippen molar-refractivity contribution >= 4 is 0 Å². The number of hydrogen-bond acceptors (Lipinski definition) is 2. The van der Waals surface area contributed by atoms with Crippen LogP contribution in [-0.4, -0.2) is 25.0 Å².